The van der Waals surface area contributed by atoms with E-state index in [1.165, 1.54) is 31.2 Å². The summed E-state index contributed by atoms with van der Waals surface area (Å²) >= 11 is 0. The second-order valence-corrected chi connectivity index (χ2v) is 9.67. The minimum absolute atomic E-state index is 0.244. The van der Waals surface area contributed by atoms with Crippen molar-refractivity contribution in [2.24, 2.45) is 0 Å². The van der Waals surface area contributed by atoms with Crippen LogP contribution in [-0.4, -0.2) is 40.3 Å². The highest BCUT2D eigenvalue weighted by Crippen LogP contribution is 2.20. The summed E-state index contributed by atoms with van der Waals surface area (Å²) in [6.07, 6.45) is 9.51. The van der Waals surface area contributed by atoms with Crippen molar-refractivity contribution in [3.05, 3.63) is 35.9 Å². The molecule has 1 rings (SSSR count). The van der Waals surface area contributed by atoms with Gasteiger partial charge >= 0.3 is 8.80 Å². The standard InChI is InChI=1S/C22H40O4Si/c1-3-5-12-18-24-27(25-19-13-6-4-2,26-20-14-8-11-17-23)21-22-15-9-7-10-16-22/h7,9-10,15-16,23H,3-6,8,11-14,17-21H2,1-2H3. The van der Waals surface area contributed by atoms with Gasteiger partial charge in [-0.2, -0.15) is 0 Å². The van der Waals surface area contributed by atoms with Gasteiger partial charge in [-0.25, -0.2) is 0 Å². The predicted molar refractivity (Wildman–Crippen MR) is 114 cm³/mol. The van der Waals surface area contributed by atoms with Gasteiger partial charge in [-0.1, -0.05) is 69.9 Å². The molecule has 0 aliphatic carbocycles. The summed E-state index contributed by atoms with van der Waals surface area (Å²) in [5, 5.41) is 8.97. The largest absolute Gasteiger partial charge is 0.505 e. The lowest BCUT2D eigenvalue weighted by Crippen LogP contribution is -2.49. The van der Waals surface area contributed by atoms with Crippen LogP contribution in [0.3, 0.4) is 0 Å². The normalized spacial score (nSPS) is 11.8. The van der Waals surface area contributed by atoms with E-state index < -0.39 is 8.80 Å². The van der Waals surface area contributed by atoms with Gasteiger partial charge in [0.05, 0.1) is 0 Å². The third kappa shape index (κ3) is 11.7. The summed E-state index contributed by atoms with van der Waals surface area (Å²) < 4.78 is 19.1. The Morgan fingerprint density at radius 3 is 1.70 bits per heavy atom. The van der Waals surface area contributed by atoms with E-state index in [0.29, 0.717) is 19.8 Å². The van der Waals surface area contributed by atoms with Crippen molar-refractivity contribution in [1.82, 2.24) is 0 Å². The summed E-state index contributed by atoms with van der Waals surface area (Å²) in [4.78, 5) is 0. The van der Waals surface area contributed by atoms with Crippen molar-refractivity contribution in [2.45, 2.75) is 77.7 Å². The Balaban J connectivity index is 2.75. The zero-order valence-corrected chi connectivity index (χ0v) is 18.5. The lowest BCUT2D eigenvalue weighted by molar-refractivity contribution is 0.0543. The first kappa shape index (κ1) is 24.3. The molecule has 1 aromatic carbocycles. The van der Waals surface area contributed by atoms with Crippen LogP contribution in [0.2, 0.25) is 0 Å². The Morgan fingerprint density at radius 1 is 0.704 bits per heavy atom. The highest BCUT2D eigenvalue weighted by atomic mass is 28.4. The van der Waals surface area contributed by atoms with Crippen LogP contribution in [0.5, 0.6) is 0 Å². The average Bonchev–Trinajstić information content (AvgIpc) is 2.69. The molecule has 156 valence electrons. The molecule has 0 heterocycles. The minimum Gasteiger partial charge on any atom is -0.396 e. The summed E-state index contributed by atoms with van der Waals surface area (Å²) in [5.74, 6) is 0. The van der Waals surface area contributed by atoms with Crippen molar-refractivity contribution < 1.29 is 18.4 Å². The van der Waals surface area contributed by atoms with Gasteiger partial charge < -0.3 is 18.4 Å². The molecule has 5 heteroatoms. The molecule has 0 unspecified atom stereocenters. The van der Waals surface area contributed by atoms with Crippen LogP contribution < -0.4 is 0 Å². The van der Waals surface area contributed by atoms with E-state index in [0.717, 1.165) is 38.1 Å². The van der Waals surface area contributed by atoms with Crippen LogP contribution in [0.25, 0.3) is 0 Å². The van der Waals surface area contributed by atoms with Crippen molar-refractivity contribution in [3.63, 3.8) is 0 Å². The van der Waals surface area contributed by atoms with Crippen LogP contribution in [0.15, 0.2) is 30.3 Å². The van der Waals surface area contributed by atoms with Crippen LogP contribution in [0.4, 0.5) is 0 Å². The van der Waals surface area contributed by atoms with E-state index in [4.69, 9.17) is 18.4 Å². The molecule has 0 fully saturated rings. The highest BCUT2D eigenvalue weighted by Gasteiger charge is 2.41. The average molecular weight is 397 g/mol. The first-order valence-electron chi connectivity index (χ1n) is 10.8. The molecule has 0 radical (unpaired) electrons. The minimum atomic E-state index is -2.76. The fourth-order valence-electron chi connectivity index (χ4n) is 2.90. The molecule has 0 bridgehead atoms. The molecule has 1 aromatic rings. The van der Waals surface area contributed by atoms with Gasteiger partial charge in [0, 0.05) is 32.5 Å². The lowest BCUT2D eigenvalue weighted by Gasteiger charge is -2.30. The Bertz CT molecular complexity index is 429. The number of aliphatic hydroxyl groups is 1. The van der Waals surface area contributed by atoms with E-state index in [2.05, 4.69) is 38.1 Å². The van der Waals surface area contributed by atoms with Gasteiger partial charge in [-0.15, -0.1) is 0 Å². The second-order valence-electron chi connectivity index (χ2n) is 7.09. The number of benzene rings is 1. The molecule has 0 saturated heterocycles. The molecule has 0 saturated carbocycles. The summed E-state index contributed by atoms with van der Waals surface area (Å²) in [6.45, 7) is 6.70. The molecular weight excluding hydrogens is 356 g/mol. The van der Waals surface area contributed by atoms with E-state index in [-0.39, 0.29) is 6.61 Å². The lowest BCUT2D eigenvalue weighted by atomic mass is 10.2. The zero-order chi connectivity index (χ0) is 19.6. The predicted octanol–water partition coefficient (Wildman–Crippen LogP) is 5.30. The Labute approximate surface area is 167 Å². The van der Waals surface area contributed by atoms with Crippen LogP contribution >= 0.6 is 0 Å². The number of hydrogen-bond acceptors (Lipinski definition) is 4. The van der Waals surface area contributed by atoms with Crippen LogP contribution in [0, 0.1) is 0 Å². The smallest absolute Gasteiger partial charge is 0.396 e. The summed E-state index contributed by atoms with van der Waals surface area (Å²) in [7, 11) is -2.76. The Kier molecular flexibility index (Phi) is 14.6. The first-order valence-corrected chi connectivity index (χ1v) is 12.8. The van der Waals surface area contributed by atoms with Crippen molar-refractivity contribution in [3.8, 4) is 0 Å². The molecule has 0 aliphatic heterocycles. The maximum atomic E-state index is 8.97. The SMILES string of the molecule is CCCCCO[Si](Cc1ccccc1)(OCCCCC)OCCCCCO. The zero-order valence-electron chi connectivity index (χ0n) is 17.5. The topological polar surface area (TPSA) is 47.9 Å². The third-order valence-electron chi connectivity index (χ3n) is 4.53. The van der Waals surface area contributed by atoms with E-state index in [9.17, 15) is 0 Å². The molecule has 0 atom stereocenters. The quantitative estimate of drug-likeness (QED) is 0.270. The van der Waals surface area contributed by atoms with Crippen LogP contribution in [-0.2, 0) is 19.3 Å². The van der Waals surface area contributed by atoms with E-state index in [1.54, 1.807) is 0 Å². The fourth-order valence-corrected chi connectivity index (χ4v) is 5.56. The number of hydrogen-bond donors (Lipinski definition) is 1. The number of rotatable bonds is 18. The van der Waals surface area contributed by atoms with Gasteiger partial charge in [-0.05, 0) is 37.7 Å². The third-order valence-corrected chi connectivity index (χ3v) is 7.30. The molecule has 0 amide bonds. The Hall–Kier alpha value is -0.723. The molecule has 0 aromatic heterocycles. The van der Waals surface area contributed by atoms with Gasteiger partial charge in [-0.3, -0.25) is 0 Å². The van der Waals surface area contributed by atoms with Gasteiger partial charge in [0.25, 0.3) is 0 Å². The molecular formula is C22H40O4Si. The fraction of sp³-hybridized carbons (Fsp3) is 0.727. The van der Waals surface area contributed by atoms with E-state index in [1.807, 2.05) is 6.07 Å². The second kappa shape index (κ2) is 16.3. The first-order chi connectivity index (χ1) is 13.3. The Morgan fingerprint density at radius 2 is 1.22 bits per heavy atom. The van der Waals surface area contributed by atoms with Crippen LogP contribution in [0.1, 0.15) is 77.2 Å². The van der Waals surface area contributed by atoms with Crippen molar-refractivity contribution in [1.29, 1.82) is 0 Å². The molecule has 0 aliphatic rings. The number of unbranched alkanes of at least 4 members (excludes halogenated alkanes) is 6. The van der Waals surface area contributed by atoms with Gasteiger partial charge in [0.1, 0.15) is 0 Å². The van der Waals surface area contributed by atoms with Gasteiger partial charge in [0.15, 0.2) is 0 Å². The van der Waals surface area contributed by atoms with Crippen molar-refractivity contribution >= 4 is 8.80 Å². The monoisotopic (exact) mass is 396 g/mol. The summed E-state index contributed by atoms with van der Waals surface area (Å²) in [6, 6.07) is 11.1. The maximum Gasteiger partial charge on any atom is 0.505 e. The van der Waals surface area contributed by atoms with Gasteiger partial charge in [0.2, 0.25) is 0 Å². The molecule has 4 nitrogen and oxygen atoms in total. The highest BCUT2D eigenvalue weighted by molar-refractivity contribution is 6.60. The summed E-state index contributed by atoms with van der Waals surface area (Å²) in [5.41, 5.74) is 1.21. The maximum absolute atomic E-state index is 8.97. The van der Waals surface area contributed by atoms with E-state index >= 15 is 0 Å². The van der Waals surface area contributed by atoms with Crippen molar-refractivity contribution in [2.75, 3.05) is 26.4 Å². The molecule has 0 spiro atoms. The number of aliphatic hydroxyl groups excluding tert-OH is 1. The molecule has 27 heavy (non-hydrogen) atoms. The molecule has 1 N–H and O–H groups in total.